The van der Waals surface area contributed by atoms with Crippen LogP contribution in [0.25, 0.3) is 0 Å². The molecule has 2 aromatic carbocycles. The lowest BCUT2D eigenvalue weighted by Gasteiger charge is -2.13. The van der Waals surface area contributed by atoms with E-state index < -0.39 is 35.1 Å². The van der Waals surface area contributed by atoms with Gasteiger partial charge in [-0.05, 0) is 12.0 Å². The van der Waals surface area contributed by atoms with Gasteiger partial charge in [-0.15, -0.1) is 0 Å². The summed E-state index contributed by atoms with van der Waals surface area (Å²) in [6.07, 6.45) is 0.228. The summed E-state index contributed by atoms with van der Waals surface area (Å²) < 4.78 is 39.5. The van der Waals surface area contributed by atoms with Crippen LogP contribution >= 0.6 is 0 Å². The Morgan fingerprint density at radius 2 is 1.81 bits per heavy atom. The molecule has 3 nitrogen and oxygen atoms in total. The maximum atomic E-state index is 13.4. The molecule has 0 radical (unpaired) electrons. The number of halogens is 3. The number of benzene rings is 2. The van der Waals surface area contributed by atoms with Crippen LogP contribution in [0.2, 0.25) is 0 Å². The molecule has 3 N–H and O–H groups in total. The van der Waals surface area contributed by atoms with Crippen molar-refractivity contribution < 1.29 is 18.0 Å². The molecule has 0 saturated heterocycles. The molecule has 1 atom stereocenters. The Morgan fingerprint density at radius 1 is 1.14 bits per heavy atom. The van der Waals surface area contributed by atoms with E-state index in [1.165, 1.54) is 0 Å². The molecule has 0 fully saturated rings. The van der Waals surface area contributed by atoms with Crippen LogP contribution in [0.3, 0.4) is 0 Å². The number of carbonyl (C=O) groups is 1. The van der Waals surface area contributed by atoms with Crippen molar-refractivity contribution in [3.05, 3.63) is 65.5 Å². The Hall–Kier alpha value is -2.34. The van der Waals surface area contributed by atoms with Crippen molar-refractivity contribution in [3.8, 4) is 0 Å². The number of anilines is 1. The normalized spacial score (nSPS) is 12.0. The topological polar surface area (TPSA) is 55.1 Å². The van der Waals surface area contributed by atoms with E-state index >= 15 is 0 Å². The molecule has 0 aromatic heterocycles. The molecule has 0 aliphatic rings. The number of carbonyl (C=O) groups excluding carboxylic acids is 1. The standard InChI is InChI=1S/C15H13F3N2O/c16-10-7-11(17)14(18)13(8-10)20-15(21)12(19)6-9-4-2-1-3-5-9/h1-5,7-8,12H,6,19H2,(H,20,21)/t12-/m1/s1. The zero-order valence-electron chi connectivity index (χ0n) is 10.9. The molecule has 0 heterocycles. The number of nitrogens with one attached hydrogen (secondary N) is 1. The SMILES string of the molecule is N[C@H](Cc1ccccc1)C(=O)Nc1cc(F)cc(F)c1F. The first-order valence-corrected chi connectivity index (χ1v) is 6.22. The molecule has 0 aliphatic heterocycles. The quantitative estimate of drug-likeness (QED) is 0.852. The van der Waals surface area contributed by atoms with Gasteiger partial charge in [-0.2, -0.15) is 0 Å². The maximum absolute atomic E-state index is 13.4. The first kappa shape index (κ1) is 15.1. The molecular formula is C15H13F3N2O. The second-order valence-electron chi connectivity index (χ2n) is 4.53. The highest BCUT2D eigenvalue weighted by atomic mass is 19.2. The Bertz CT molecular complexity index is 647. The van der Waals surface area contributed by atoms with E-state index in [4.69, 9.17) is 5.73 Å². The third-order valence-electron chi connectivity index (χ3n) is 2.89. The van der Waals surface area contributed by atoms with E-state index in [1.807, 2.05) is 6.07 Å². The van der Waals surface area contributed by atoms with Crippen LogP contribution < -0.4 is 11.1 Å². The van der Waals surface area contributed by atoms with Gasteiger partial charge in [0.05, 0.1) is 11.7 Å². The Kier molecular flexibility index (Phi) is 4.59. The molecule has 110 valence electrons. The highest BCUT2D eigenvalue weighted by molar-refractivity contribution is 5.95. The summed E-state index contributed by atoms with van der Waals surface area (Å²) in [7, 11) is 0. The second-order valence-corrected chi connectivity index (χ2v) is 4.53. The molecule has 0 unspecified atom stereocenters. The van der Waals surface area contributed by atoms with Crippen molar-refractivity contribution in [2.45, 2.75) is 12.5 Å². The van der Waals surface area contributed by atoms with Crippen LogP contribution in [0.5, 0.6) is 0 Å². The highest BCUT2D eigenvalue weighted by Gasteiger charge is 2.18. The first-order valence-electron chi connectivity index (χ1n) is 6.22. The molecule has 6 heteroatoms. The molecule has 1 amide bonds. The van der Waals surface area contributed by atoms with Crippen molar-refractivity contribution >= 4 is 11.6 Å². The van der Waals surface area contributed by atoms with E-state index in [1.54, 1.807) is 24.3 Å². The lowest BCUT2D eigenvalue weighted by molar-refractivity contribution is -0.117. The molecule has 0 aliphatic carbocycles. The third kappa shape index (κ3) is 3.82. The summed E-state index contributed by atoms with van der Waals surface area (Å²) >= 11 is 0. The Balaban J connectivity index is 2.08. The fourth-order valence-corrected chi connectivity index (χ4v) is 1.83. The Labute approximate surface area is 119 Å². The lowest BCUT2D eigenvalue weighted by Crippen LogP contribution is -2.37. The van der Waals surface area contributed by atoms with Crippen molar-refractivity contribution in [3.63, 3.8) is 0 Å². The monoisotopic (exact) mass is 294 g/mol. The van der Waals surface area contributed by atoms with Crippen LogP contribution in [0.15, 0.2) is 42.5 Å². The predicted molar refractivity (Wildman–Crippen MR) is 73.1 cm³/mol. The Morgan fingerprint density at radius 3 is 2.48 bits per heavy atom. The van der Waals surface area contributed by atoms with Gasteiger partial charge < -0.3 is 11.1 Å². The zero-order chi connectivity index (χ0) is 15.4. The minimum Gasteiger partial charge on any atom is -0.322 e. The third-order valence-corrected chi connectivity index (χ3v) is 2.89. The van der Waals surface area contributed by atoms with Gasteiger partial charge in [-0.25, -0.2) is 13.2 Å². The molecular weight excluding hydrogens is 281 g/mol. The molecule has 2 rings (SSSR count). The summed E-state index contributed by atoms with van der Waals surface area (Å²) in [5.41, 5.74) is 5.96. The van der Waals surface area contributed by atoms with E-state index in [9.17, 15) is 18.0 Å². The molecule has 0 bridgehead atoms. The van der Waals surface area contributed by atoms with Gasteiger partial charge >= 0.3 is 0 Å². The minimum absolute atomic E-state index is 0.228. The number of amides is 1. The smallest absolute Gasteiger partial charge is 0.241 e. The average molecular weight is 294 g/mol. The van der Waals surface area contributed by atoms with Crippen LogP contribution in [0.4, 0.5) is 18.9 Å². The van der Waals surface area contributed by atoms with Crippen molar-refractivity contribution in [1.29, 1.82) is 0 Å². The van der Waals surface area contributed by atoms with Crippen molar-refractivity contribution in [1.82, 2.24) is 0 Å². The average Bonchev–Trinajstić information content (AvgIpc) is 2.45. The number of rotatable bonds is 4. The number of hydrogen-bond donors (Lipinski definition) is 2. The van der Waals surface area contributed by atoms with Crippen LogP contribution in [-0.4, -0.2) is 11.9 Å². The summed E-state index contributed by atoms with van der Waals surface area (Å²) in [6, 6.07) is 9.12. The molecule has 2 aromatic rings. The number of nitrogens with two attached hydrogens (primary N) is 1. The van der Waals surface area contributed by atoms with Gasteiger partial charge in [-0.1, -0.05) is 30.3 Å². The van der Waals surface area contributed by atoms with Crippen LogP contribution in [0, 0.1) is 17.5 Å². The highest BCUT2D eigenvalue weighted by Crippen LogP contribution is 2.19. The van der Waals surface area contributed by atoms with Crippen LogP contribution in [-0.2, 0) is 11.2 Å². The van der Waals surface area contributed by atoms with Crippen LogP contribution in [0.1, 0.15) is 5.56 Å². The summed E-state index contributed by atoms with van der Waals surface area (Å²) in [4.78, 5) is 11.8. The second kappa shape index (κ2) is 6.41. The molecule has 21 heavy (non-hydrogen) atoms. The molecule has 0 saturated carbocycles. The van der Waals surface area contributed by atoms with Gasteiger partial charge in [0.25, 0.3) is 0 Å². The summed E-state index contributed by atoms with van der Waals surface area (Å²) in [5, 5.41) is 2.09. The molecule has 0 spiro atoms. The van der Waals surface area contributed by atoms with Gasteiger partial charge in [-0.3, -0.25) is 4.79 Å². The number of hydrogen-bond acceptors (Lipinski definition) is 2. The maximum Gasteiger partial charge on any atom is 0.241 e. The largest absolute Gasteiger partial charge is 0.322 e. The van der Waals surface area contributed by atoms with Crippen molar-refractivity contribution in [2.75, 3.05) is 5.32 Å². The summed E-state index contributed by atoms with van der Waals surface area (Å²) in [5.74, 6) is -4.40. The minimum atomic E-state index is -1.37. The predicted octanol–water partition coefficient (Wildman–Crippen LogP) is 2.61. The van der Waals surface area contributed by atoms with Gasteiger partial charge in [0.15, 0.2) is 11.6 Å². The van der Waals surface area contributed by atoms with Gasteiger partial charge in [0.1, 0.15) is 5.82 Å². The van der Waals surface area contributed by atoms with E-state index in [-0.39, 0.29) is 6.42 Å². The first-order chi connectivity index (χ1) is 9.97. The van der Waals surface area contributed by atoms with E-state index in [0.717, 1.165) is 5.56 Å². The lowest BCUT2D eigenvalue weighted by atomic mass is 10.1. The fourth-order valence-electron chi connectivity index (χ4n) is 1.83. The van der Waals surface area contributed by atoms with E-state index in [0.29, 0.717) is 12.1 Å². The summed E-state index contributed by atoms with van der Waals surface area (Å²) in [6.45, 7) is 0. The van der Waals surface area contributed by atoms with Gasteiger partial charge in [0, 0.05) is 12.1 Å². The van der Waals surface area contributed by atoms with Gasteiger partial charge in [0.2, 0.25) is 5.91 Å². The van der Waals surface area contributed by atoms with E-state index in [2.05, 4.69) is 5.32 Å². The van der Waals surface area contributed by atoms with Crippen molar-refractivity contribution in [2.24, 2.45) is 5.73 Å². The zero-order valence-corrected chi connectivity index (χ0v) is 10.9. The fraction of sp³-hybridized carbons (Fsp3) is 0.133.